The summed E-state index contributed by atoms with van der Waals surface area (Å²) in [5.41, 5.74) is 0. The molecule has 0 aliphatic heterocycles. The molecule has 2 N–H and O–H groups in total. The number of nitrogens with one attached hydrogen (secondary N) is 2. The van der Waals surface area contributed by atoms with Gasteiger partial charge in [-0.15, -0.1) is 0 Å². The van der Waals surface area contributed by atoms with E-state index in [-0.39, 0.29) is 5.22 Å². The molecule has 1 aromatic rings. The van der Waals surface area contributed by atoms with E-state index in [1.54, 1.807) is 20.2 Å². The second-order valence-corrected chi connectivity index (χ2v) is 3.83. The fraction of sp³-hybridized carbons (Fsp3) is 0.500. The molecule has 0 aliphatic carbocycles. The molecule has 18 heavy (non-hydrogen) atoms. The van der Waals surface area contributed by atoms with Crippen LogP contribution in [0.2, 0.25) is 5.22 Å². The molecule has 7 nitrogen and oxygen atoms in total. The van der Waals surface area contributed by atoms with Gasteiger partial charge in [0.25, 0.3) is 0 Å². The number of rotatable bonds is 4. The lowest BCUT2D eigenvalue weighted by atomic mass is 10.5. The molecule has 1 aromatic heterocycles. The van der Waals surface area contributed by atoms with E-state index in [2.05, 4.69) is 20.6 Å². The molecule has 1 rings (SSSR count). The lowest BCUT2D eigenvalue weighted by Crippen LogP contribution is -2.39. The van der Waals surface area contributed by atoms with Crippen molar-refractivity contribution >= 4 is 23.4 Å². The summed E-state index contributed by atoms with van der Waals surface area (Å²) in [7, 11) is 3.44. The van der Waals surface area contributed by atoms with Crippen molar-refractivity contribution in [2.24, 2.45) is 4.99 Å². The van der Waals surface area contributed by atoms with E-state index in [0.29, 0.717) is 30.8 Å². The van der Waals surface area contributed by atoms with Gasteiger partial charge in [0.05, 0.1) is 0 Å². The number of nitriles is 1. The van der Waals surface area contributed by atoms with Crippen LogP contribution in [0.25, 0.3) is 0 Å². The van der Waals surface area contributed by atoms with Crippen LogP contribution < -0.4 is 15.5 Å². The van der Waals surface area contributed by atoms with E-state index in [1.807, 2.05) is 11.9 Å². The Kier molecular flexibility index (Phi) is 5.27. The molecule has 0 atom stereocenters. The molecular formula is C10H15ClN6O. The molecule has 0 aromatic carbocycles. The average Bonchev–Trinajstić information content (AvgIpc) is 2.67. The molecule has 8 heteroatoms. The van der Waals surface area contributed by atoms with Crippen molar-refractivity contribution in [1.82, 2.24) is 15.6 Å². The maximum atomic E-state index is 8.46. The normalized spacial score (nSPS) is 10.9. The van der Waals surface area contributed by atoms with Crippen molar-refractivity contribution in [2.45, 2.75) is 6.92 Å². The van der Waals surface area contributed by atoms with E-state index >= 15 is 0 Å². The third kappa shape index (κ3) is 3.82. The highest BCUT2D eigenvalue weighted by Crippen LogP contribution is 2.24. The van der Waals surface area contributed by atoms with Crippen LogP contribution in [0.1, 0.15) is 5.89 Å². The summed E-state index contributed by atoms with van der Waals surface area (Å²) < 4.78 is 5.14. The quantitative estimate of drug-likeness (QED) is 0.363. The largest absolute Gasteiger partial charge is 0.427 e. The van der Waals surface area contributed by atoms with Gasteiger partial charge in [-0.25, -0.2) is 0 Å². The number of halogens is 1. The Bertz CT molecular complexity index is 463. The van der Waals surface area contributed by atoms with Crippen LogP contribution in [0.3, 0.4) is 0 Å². The molecule has 0 radical (unpaired) electrons. The SMILES string of the molecule is CN=C(NC#N)NCCN(C)c1nc(C)oc1Cl. The first kappa shape index (κ1) is 14.1. The number of likely N-dealkylation sites (N-methyl/N-ethyl adjacent to an activating group) is 1. The number of aliphatic imine (C=N–C) groups is 1. The minimum Gasteiger partial charge on any atom is -0.427 e. The Morgan fingerprint density at radius 1 is 1.67 bits per heavy atom. The highest BCUT2D eigenvalue weighted by molar-refractivity contribution is 6.31. The van der Waals surface area contributed by atoms with E-state index in [9.17, 15) is 0 Å². The van der Waals surface area contributed by atoms with Gasteiger partial charge >= 0.3 is 0 Å². The van der Waals surface area contributed by atoms with Gasteiger partial charge in [0, 0.05) is 34.1 Å². The standard InChI is InChI=1S/C10H15ClN6O/c1-7-16-9(8(11)18-7)17(3)5-4-14-10(13-2)15-6-12/h4-5H2,1-3H3,(H2,13,14,15). The molecule has 0 bridgehead atoms. The minimum atomic E-state index is 0.273. The first-order valence-corrected chi connectivity index (χ1v) is 5.66. The van der Waals surface area contributed by atoms with Crippen LogP contribution in [0.5, 0.6) is 0 Å². The number of aromatic nitrogens is 1. The second-order valence-electron chi connectivity index (χ2n) is 3.49. The van der Waals surface area contributed by atoms with Gasteiger partial charge in [-0.1, -0.05) is 0 Å². The molecule has 1 heterocycles. The van der Waals surface area contributed by atoms with Crippen LogP contribution in [0, 0.1) is 18.4 Å². The Morgan fingerprint density at radius 3 is 2.89 bits per heavy atom. The summed E-state index contributed by atoms with van der Waals surface area (Å²) in [4.78, 5) is 9.88. The summed E-state index contributed by atoms with van der Waals surface area (Å²) in [5, 5.41) is 14.1. The third-order valence-electron chi connectivity index (χ3n) is 2.18. The van der Waals surface area contributed by atoms with E-state index < -0.39 is 0 Å². The molecule has 0 saturated heterocycles. The number of aryl methyl sites for hydroxylation is 1. The highest BCUT2D eigenvalue weighted by Gasteiger charge is 2.12. The summed E-state index contributed by atoms with van der Waals surface area (Å²) in [6.45, 7) is 2.96. The van der Waals surface area contributed by atoms with Crippen molar-refractivity contribution in [3.8, 4) is 6.19 Å². The first-order chi connectivity index (χ1) is 8.58. The highest BCUT2D eigenvalue weighted by atomic mass is 35.5. The lowest BCUT2D eigenvalue weighted by molar-refractivity contribution is 0.523. The topological polar surface area (TPSA) is 89.5 Å². The maximum absolute atomic E-state index is 8.46. The third-order valence-corrected chi connectivity index (χ3v) is 2.42. The minimum absolute atomic E-state index is 0.273. The summed E-state index contributed by atoms with van der Waals surface area (Å²) >= 11 is 5.89. The van der Waals surface area contributed by atoms with Gasteiger partial charge in [-0.3, -0.25) is 10.3 Å². The van der Waals surface area contributed by atoms with E-state index in [1.165, 1.54) is 0 Å². The molecule has 0 unspecified atom stereocenters. The number of anilines is 1. The van der Waals surface area contributed by atoms with Crippen molar-refractivity contribution < 1.29 is 4.42 Å². The Morgan fingerprint density at radius 2 is 2.39 bits per heavy atom. The number of hydrogen-bond acceptors (Lipinski definition) is 5. The summed E-state index contributed by atoms with van der Waals surface area (Å²) in [6, 6.07) is 0. The fourth-order valence-electron chi connectivity index (χ4n) is 1.31. The smallest absolute Gasteiger partial charge is 0.238 e. The zero-order valence-electron chi connectivity index (χ0n) is 10.5. The van der Waals surface area contributed by atoms with E-state index in [4.69, 9.17) is 21.3 Å². The number of guanidine groups is 1. The van der Waals surface area contributed by atoms with Crippen molar-refractivity contribution in [2.75, 3.05) is 32.1 Å². The predicted octanol–water partition coefficient (Wildman–Crippen LogP) is 0.719. The van der Waals surface area contributed by atoms with Crippen LogP contribution in [0.4, 0.5) is 5.82 Å². The molecule has 0 fully saturated rings. The second kappa shape index (κ2) is 6.71. The van der Waals surface area contributed by atoms with Gasteiger partial charge in [-0.05, 0) is 11.6 Å². The Balaban J connectivity index is 2.45. The molecule has 0 spiro atoms. The van der Waals surface area contributed by atoms with Crippen molar-refractivity contribution in [3.05, 3.63) is 11.1 Å². The zero-order chi connectivity index (χ0) is 13.5. The summed E-state index contributed by atoms with van der Waals surface area (Å²) in [5.74, 6) is 1.55. The molecule has 0 saturated carbocycles. The molecule has 0 amide bonds. The van der Waals surface area contributed by atoms with Crippen molar-refractivity contribution in [1.29, 1.82) is 5.26 Å². The summed E-state index contributed by atoms with van der Waals surface area (Å²) in [6.07, 6.45) is 1.80. The molecule has 98 valence electrons. The molecule has 0 aliphatic rings. The number of nitrogens with zero attached hydrogens (tertiary/aromatic N) is 4. The fourth-order valence-corrected chi connectivity index (χ4v) is 1.60. The van der Waals surface area contributed by atoms with Gasteiger partial charge in [-0.2, -0.15) is 10.2 Å². The van der Waals surface area contributed by atoms with Crippen LogP contribution in [0.15, 0.2) is 9.41 Å². The number of hydrogen-bond donors (Lipinski definition) is 2. The van der Waals surface area contributed by atoms with Gasteiger partial charge in [0.15, 0.2) is 17.9 Å². The van der Waals surface area contributed by atoms with Gasteiger partial charge in [0.2, 0.25) is 11.2 Å². The van der Waals surface area contributed by atoms with Crippen LogP contribution in [-0.4, -0.2) is 38.1 Å². The monoisotopic (exact) mass is 270 g/mol. The number of oxazole rings is 1. The van der Waals surface area contributed by atoms with E-state index in [0.717, 1.165) is 0 Å². The van der Waals surface area contributed by atoms with Crippen LogP contribution in [-0.2, 0) is 0 Å². The molecular weight excluding hydrogens is 256 g/mol. The van der Waals surface area contributed by atoms with Gasteiger partial charge < -0.3 is 14.6 Å². The first-order valence-electron chi connectivity index (χ1n) is 5.28. The Labute approximate surface area is 110 Å². The van der Waals surface area contributed by atoms with Gasteiger partial charge in [0.1, 0.15) is 0 Å². The Hall–Kier alpha value is -1.94. The lowest BCUT2D eigenvalue weighted by Gasteiger charge is -2.16. The average molecular weight is 271 g/mol. The zero-order valence-corrected chi connectivity index (χ0v) is 11.2. The predicted molar refractivity (Wildman–Crippen MR) is 69.6 cm³/mol. The maximum Gasteiger partial charge on any atom is 0.238 e. The van der Waals surface area contributed by atoms with Crippen molar-refractivity contribution in [3.63, 3.8) is 0 Å². The van der Waals surface area contributed by atoms with Crippen LogP contribution >= 0.6 is 11.6 Å².